The molecular weight excluding hydrogens is 300 g/mol. The number of likely N-dealkylation sites (tertiary alicyclic amines) is 1. The molecule has 0 bridgehead atoms. The van der Waals surface area contributed by atoms with E-state index in [0.717, 1.165) is 17.5 Å². The number of benzene rings is 1. The zero-order valence-corrected chi connectivity index (χ0v) is 14.5. The third kappa shape index (κ3) is 3.76. The van der Waals surface area contributed by atoms with E-state index in [4.69, 9.17) is 11.6 Å². The molecule has 2 nitrogen and oxygen atoms in total. The van der Waals surface area contributed by atoms with Crippen LogP contribution < -0.4 is 5.32 Å². The Labute approximate surface area is 137 Å². The summed E-state index contributed by atoms with van der Waals surface area (Å²) < 4.78 is 0. The van der Waals surface area contributed by atoms with Gasteiger partial charge >= 0.3 is 0 Å². The van der Waals surface area contributed by atoms with Gasteiger partial charge in [0.15, 0.2) is 0 Å². The van der Waals surface area contributed by atoms with Crippen LogP contribution in [0, 0.1) is 5.92 Å². The highest BCUT2D eigenvalue weighted by atomic mass is 35.5. The molecule has 0 radical (unpaired) electrons. The molecule has 4 heteroatoms. The predicted molar refractivity (Wildman–Crippen MR) is 92.4 cm³/mol. The van der Waals surface area contributed by atoms with Crippen LogP contribution in [0.25, 0.3) is 0 Å². The summed E-state index contributed by atoms with van der Waals surface area (Å²) in [7, 11) is 0. The van der Waals surface area contributed by atoms with Crippen molar-refractivity contribution in [1.82, 2.24) is 10.2 Å². The Morgan fingerprint density at radius 1 is 1.38 bits per heavy atom. The molecule has 0 saturated carbocycles. The SMILES string of the molecule is CC(C)N1CCC(CNC2CCSc3ccc(Cl)cc32)C1. The highest BCUT2D eigenvalue weighted by Gasteiger charge is 2.26. The minimum atomic E-state index is 0.480. The first-order chi connectivity index (χ1) is 10.1. The summed E-state index contributed by atoms with van der Waals surface area (Å²) in [6, 6.07) is 7.49. The average molecular weight is 325 g/mol. The summed E-state index contributed by atoms with van der Waals surface area (Å²) in [5.41, 5.74) is 1.40. The number of fused-ring (bicyclic) bond motifs is 1. The molecule has 1 saturated heterocycles. The molecule has 0 aromatic heterocycles. The van der Waals surface area contributed by atoms with Gasteiger partial charge in [0.25, 0.3) is 0 Å². The van der Waals surface area contributed by atoms with Crippen LogP contribution >= 0.6 is 23.4 Å². The van der Waals surface area contributed by atoms with Crippen LogP contribution in [-0.4, -0.2) is 36.3 Å². The first-order valence-electron chi connectivity index (χ1n) is 8.03. The van der Waals surface area contributed by atoms with Crippen molar-refractivity contribution < 1.29 is 0 Å². The Morgan fingerprint density at radius 2 is 2.24 bits per heavy atom. The van der Waals surface area contributed by atoms with Crippen LogP contribution in [-0.2, 0) is 0 Å². The van der Waals surface area contributed by atoms with Gasteiger partial charge in [-0.1, -0.05) is 11.6 Å². The largest absolute Gasteiger partial charge is 0.310 e. The van der Waals surface area contributed by atoms with Crippen molar-refractivity contribution in [3.8, 4) is 0 Å². The van der Waals surface area contributed by atoms with Gasteiger partial charge in [-0.25, -0.2) is 0 Å². The quantitative estimate of drug-likeness (QED) is 0.893. The number of nitrogens with one attached hydrogen (secondary N) is 1. The fraction of sp³-hybridized carbons (Fsp3) is 0.647. The summed E-state index contributed by atoms with van der Waals surface area (Å²) >= 11 is 8.14. The summed E-state index contributed by atoms with van der Waals surface area (Å²) in [5, 5.41) is 4.66. The van der Waals surface area contributed by atoms with Crippen LogP contribution in [0.3, 0.4) is 0 Å². The van der Waals surface area contributed by atoms with Gasteiger partial charge < -0.3 is 10.2 Å². The Bertz CT molecular complexity index is 492. The topological polar surface area (TPSA) is 15.3 Å². The highest BCUT2D eigenvalue weighted by Crippen LogP contribution is 2.37. The minimum absolute atomic E-state index is 0.480. The minimum Gasteiger partial charge on any atom is -0.310 e. The zero-order chi connectivity index (χ0) is 14.8. The van der Waals surface area contributed by atoms with Crippen molar-refractivity contribution in [1.29, 1.82) is 0 Å². The van der Waals surface area contributed by atoms with E-state index in [1.807, 2.05) is 17.8 Å². The van der Waals surface area contributed by atoms with Gasteiger partial charge in [-0.3, -0.25) is 0 Å². The van der Waals surface area contributed by atoms with E-state index in [2.05, 4.69) is 36.2 Å². The normalized spacial score (nSPS) is 26.3. The fourth-order valence-electron chi connectivity index (χ4n) is 3.38. The maximum Gasteiger partial charge on any atom is 0.0410 e. The van der Waals surface area contributed by atoms with Gasteiger partial charge in [-0.05, 0) is 75.2 Å². The first-order valence-corrected chi connectivity index (χ1v) is 9.39. The molecule has 21 heavy (non-hydrogen) atoms. The Kier molecular flexibility index (Phi) is 5.15. The number of halogens is 1. The standard InChI is InChI=1S/C17H25ClN2S/c1-12(2)20-7-5-13(11-20)10-19-16-6-8-21-17-4-3-14(18)9-15(16)17/h3-4,9,12-13,16,19H,5-8,10-11H2,1-2H3. The highest BCUT2D eigenvalue weighted by molar-refractivity contribution is 7.99. The number of rotatable bonds is 4. The van der Waals surface area contributed by atoms with Gasteiger partial charge in [-0.15, -0.1) is 11.8 Å². The van der Waals surface area contributed by atoms with E-state index in [0.29, 0.717) is 12.1 Å². The van der Waals surface area contributed by atoms with Crippen molar-refractivity contribution in [2.24, 2.45) is 5.92 Å². The number of thioether (sulfide) groups is 1. The maximum absolute atomic E-state index is 6.18. The van der Waals surface area contributed by atoms with Gasteiger partial charge in [0.1, 0.15) is 0 Å². The van der Waals surface area contributed by atoms with Crippen molar-refractivity contribution in [2.45, 2.75) is 43.7 Å². The Hall–Kier alpha value is -0.220. The van der Waals surface area contributed by atoms with Gasteiger partial charge in [0, 0.05) is 28.5 Å². The van der Waals surface area contributed by atoms with Crippen molar-refractivity contribution in [2.75, 3.05) is 25.4 Å². The van der Waals surface area contributed by atoms with E-state index in [1.165, 1.54) is 42.1 Å². The average Bonchev–Trinajstić information content (AvgIpc) is 2.94. The van der Waals surface area contributed by atoms with Crippen molar-refractivity contribution in [3.05, 3.63) is 28.8 Å². The lowest BCUT2D eigenvalue weighted by molar-refractivity contribution is 0.262. The Balaban J connectivity index is 1.59. The van der Waals surface area contributed by atoms with E-state index < -0.39 is 0 Å². The first kappa shape index (κ1) is 15.7. The van der Waals surface area contributed by atoms with Gasteiger partial charge in [0.05, 0.1) is 0 Å². The molecule has 1 aromatic carbocycles. The second-order valence-electron chi connectivity index (χ2n) is 6.52. The molecule has 1 fully saturated rings. The number of hydrogen-bond acceptors (Lipinski definition) is 3. The van der Waals surface area contributed by atoms with E-state index >= 15 is 0 Å². The molecule has 2 unspecified atom stereocenters. The molecule has 3 rings (SSSR count). The molecule has 0 aliphatic carbocycles. The van der Waals surface area contributed by atoms with Crippen LogP contribution in [0.5, 0.6) is 0 Å². The molecular formula is C17H25ClN2S. The zero-order valence-electron chi connectivity index (χ0n) is 12.9. The summed E-state index contributed by atoms with van der Waals surface area (Å²) in [6.45, 7) is 8.23. The third-order valence-corrected chi connectivity index (χ3v) is 6.07. The van der Waals surface area contributed by atoms with Crippen LogP contribution in [0.2, 0.25) is 5.02 Å². The van der Waals surface area contributed by atoms with Crippen molar-refractivity contribution in [3.63, 3.8) is 0 Å². The van der Waals surface area contributed by atoms with E-state index in [1.54, 1.807) is 0 Å². The molecule has 2 atom stereocenters. The summed E-state index contributed by atoms with van der Waals surface area (Å²) in [6.07, 6.45) is 2.54. The van der Waals surface area contributed by atoms with Gasteiger partial charge in [0.2, 0.25) is 0 Å². The fourth-order valence-corrected chi connectivity index (χ4v) is 4.67. The second-order valence-corrected chi connectivity index (χ2v) is 8.10. The molecule has 116 valence electrons. The third-order valence-electron chi connectivity index (χ3n) is 4.71. The van der Waals surface area contributed by atoms with E-state index in [-0.39, 0.29) is 0 Å². The molecule has 1 aromatic rings. The predicted octanol–water partition coefficient (Wildman–Crippen LogP) is 4.20. The van der Waals surface area contributed by atoms with E-state index in [9.17, 15) is 0 Å². The maximum atomic E-state index is 6.18. The molecule has 2 aliphatic heterocycles. The Morgan fingerprint density at radius 3 is 3.00 bits per heavy atom. The number of hydrogen-bond donors (Lipinski definition) is 1. The van der Waals surface area contributed by atoms with Crippen LogP contribution in [0.15, 0.2) is 23.1 Å². The lowest BCUT2D eigenvalue weighted by Gasteiger charge is -2.27. The second kappa shape index (κ2) is 6.91. The monoisotopic (exact) mass is 324 g/mol. The molecule has 1 N–H and O–H groups in total. The number of nitrogens with zero attached hydrogens (tertiary/aromatic N) is 1. The summed E-state index contributed by atoms with van der Waals surface area (Å²) in [4.78, 5) is 3.99. The molecule has 0 spiro atoms. The van der Waals surface area contributed by atoms with Crippen molar-refractivity contribution >= 4 is 23.4 Å². The van der Waals surface area contributed by atoms with Crippen LogP contribution in [0.4, 0.5) is 0 Å². The van der Waals surface area contributed by atoms with Gasteiger partial charge in [-0.2, -0.15) is 0 Å². The molecule has 2 aliphatic rings. The molecule has 0 amide bonds. The molecule has 2 heterocycles. The lowest BCUT2D eigenvalue weighted by Crippen LogP contribution is -2.32. The summed E-state index contributed by atoms with van der Waals surface area (Å²) in [5.74, 6) is 2.00. The smallest absolute Gasteiger partial charge is 0.0410 e. The lowest BCUT2D eigenvalue weighted by atomic mass is 10.0. The van der Waals surface area contributed by atoms with Crippen LogP contribution in [0.1, 0.15) is 38.3 Å².